The van der Waals surface area contributed by atoms with Crippen LogP contribution in [0.3, 0.4) is 0 Å². The van der Waals surface area contributed by atoms with E-state index in [0.717, 1.165) is 6.20 Å². The highest BCUT2D eigenvalue weighted by Gasteiger charge is 2.30. The van der Waals surface area contributed by atoms with Gasteiger partial charge in [0.1, 0.15) is 6.20 Å². The maximum absolute atomic E-state index is 12.8. The van der Waals surface area contributed by atoms with E-state index in [-0.39, 0.29) is 12.5 Å². The van der Waals surface area contributed by atoms with Crippen LogP contribution in [0.5, 0.6) is 0 Å². The Morgan fingerprint density at radius 2 is 2.45 bits per heavy atom. The van der Waals surface area contributed by atoms with E-state index in [9.17, 15) is 8.87 Å². The van der Waals surface area contributed by atoms with Crippen molar-refractivity contribution in [2.45, 2.75) is 0 Å². The zero-order valence-corrected chi connectivity index (χ0v) is 5.59. The van der Waals surface area contributed by atoms with E-state index in [1.165, 1.54) is 6.20 Å². The van der Waals surface area contributed by atoms with Crippen LogP contribution in [0.25, 0.3) is 0 Å². The molecule has 0 radical (unpaired) electrons. The predicted octanol–water partition coefficient (Wildman–Crippen LogP) is -0.277. The van der Waals surface area contributed by atoms with Gasteiger partial charge in [0, 0.05) is 0 Å². The van der Waals surface area contributed by atoms with E-state index in [2.05, 4.69) is 4.99 Å². The average molecular weight is 158 g/mol. The summed E-state index contributed by atoms with van der Waals surface area (Å²) in [5, 5.41) is 0.305. The van der Waals surface area contributed by atoms with Crippen molar-refractivity contribution in [2.24, 2.45) is 4.99 Å². The van der Waals surface area contributed by atoms with E-state index < -0.39 is 5.83 Å². The Kier molecular flexibility index (Phi) is 1.25. The minimum Gasteiger partial charge on any atom is -0.237 e. The number of hydrogen-bond acceptors (Lipinski definition) is 2. The van der Waals surface area contributed by atoms with Crippen LogP contribution in [0, 0.1) is 0 Å². The van der Waals surface area contributed by atoms with Crippen molar-refractivity contribution in [1.29, 1.82) is 0 Å². The molecule has 2 aliphatic rings. The van der Waals surface area contributed by atoms with E-state index >= 15 is 0 Å². The molecule has 1 atom stereocenters. The molecular weight excluding hydrogens is 152 g/mol. The van der Waals surface area contributed by atoms with Gasteiger partial charge >= 0.3 is 0 Å². The second-order valence-electron chi connectivity index (χ2n) is 2.35. The largest absolute Gasteiger partial charge is 0.270 e. The zero-order chi connectivity index (χ0) is 7.84. The lowest BCUT2D eigenvalue weighted by Gasteiger charge is -2.19. The summed E-state index contributed by atoms with van der Waals surface area (Å²) in [5.41, 5.74) is 0. The monoisotopic (exact) mass is 158 g/mol. The molecule has 5 heteroatoms. The molecule has 3 nitrogen and oxygen atoms in total. The highest BCUT2D eigenvalue weighted by Crippen LogP contribution is 2.06. The molecule has 11 heavy (non-hydrogen) atoms. The van der Waals surface area contributed by atoms with Gasteiger partial charge in [0.15, 0.2) is 6.67 Å². The Hall–Kier alpha value is -1.23. The zero-order valence-electron chi connectivity index (χ0n) is 5.59. The summed E-state index contributed by atoms with van der Waals surface area (Å²) >= 11 is 0. The highest BCUT2D eigenvalue weighted by atomic mass is 19.2. The van der Waals surface area contributed by atoms with Crippen molar-refractivity contribution in [2.75, 3.05) is 6.67 Å². The van der Waals surface area contributed by atoms with Crippen molar-refractivity contribution in [3.8, 4) is 0 Å². The van der Waals surface area contributed by atoms with Gasteiger partial charge in [-0.3, -0.25) is 0 Å². The van der Waals surface area contributed by atoms with E-state index in [1.54, 1.807) is 6.20 Å². The molecule has 58 valence electrons. The lowest BCUT2D eigenvalue weighted by Crippen LogP contribution is -3.11. The van der Waals surface area contributed by atoms with E-state index in [0.29, 0.717) is 10.0 Å². The van der Waals surface area contributed by atoms with Crippen molar-refractivity contribution >= 4 is 5.84 Å². The molecule has 0 saturated carbocycles. The van der Waals surface area contributed by atoms with Crippen LogP contribution in [0.15, 0.2) is 29.4 Å². The average Bonchev–Trinajstić information content (AvgIpc) is 2.34. The SMILES string of the molecule is FC1=CN(F)C[NH+]2C=CN=C12. The second kappa shape index (κ2) is 2.13. The molecule has 1 unspecified atom stereocenters. The van der Waals surface area contributed by atoms with Crippen LogP contribution >= 0.6 is 0 Å². The Labute approximate surface area is 61.9 Å². The molecule has 0 bridgehead atoms. The van der Waals surface area contributed by atoms with Gasteiger partial charge in [-0.15, -0.1) is 0 Å². The van der Waals surface area contributed by atoms with Crippen LogP contribution in [0.4, 0.5) is 8.87 Å². The van der Waals surface area contributed by atoms with Gasteiger partial charge in [0.2, 0.25) is 5.83 Å². The van der Waals surface area contributed by atoms with Gasteiger partial charge in [-0.1, -0.05) is 4.48 Å². The summed E-state index contributed by atoms with van der Waals surface area (Å²) in [6.07, 6.45) is 3.88. The first kappa shape index (κ1) is 6.48. The first-order chi connectivity index (χ1) is 5.27. The Morgan fingerprint density at radius 3 is 3.27 bits per heavy atom. The number of amidine groups is 1. The van der Waals surface area contributed by atoms with E-state index in [1.807, 2.05) is 0 Å². The van der Waals surface area contributed by atoms with Crippen LogP contribution in [-0.4, -0.2) is 17.6 Å². The molecule has 1 N–H and O–H groups in total. The minimum absolute atomic E-state index is 0.0861. The third kappa shape index (κ3) is 0.932. The number of quaternary nitrogens is 1. The van der Waals surface area contributed by atoms with Crippen LogP contribution in [-0.2, 0) is 0 Å². The van der Waals surface area contributed by atoms with Crippen molar-refractivity contribution in [3.05, 3.63) is 24.4 Å². The summed E-state index contributed by atoms with van der Waals surface area (Å²) in [5.74, 6) is -0.349. The molecule has 0 aromatic heterocycles. The normalized spacial score (nSPS) is 28.2. The summed E-state index contributed by atoms with van der Waals surface area (Å²) in [6.45, 7) is 0.0861. The lowest BCUT2D eigenvalue weighted by molar-refractivity contribution is -0.764. The fraction of sp³-hybridized carbons (Fsp3) is 0.167. The summed E-state index contributed by atoms with van der Waals surface area (Å²) < 4.78 is 25.3. The van der Waals surface area contributed by atoms with Crippen LogP contribution in [0.1, 0.15) is 0 Å². The first-order valence-electron chi connectivity index (χ1n) is 3.18. The summed E-state index contributed by atoms with van der Waals surface area (Å²) in [6, 6.07) is 0. The standard InChI is InChI=1S/C6H5F2N3/c7-5-3-11(8)4-10-2-1-9-6(5)10/h1-3H,4H2/p+1. The third-order valence-electron chi connectivity index (χ3n) is 1.58. The van der Waals surface area contributed by atoms with Gasteiger partial charge in [0.25, 0.3) is 5.84 Å². The molecule has 2 aliphatic heterocycles. The van der Waals surface area contributed by atoms with Crippen LogP contribution in [0.2, 0.25) is 0 Å². The highest BCUT2D eigenvalue weighted by molar-refractivity contribution is 5.91. The number of aliphatic imine (C=N–C) groups is 1. The maximum atomic E-state index is 12.8. The number of nitrogens with zero attached hydrogens (tertiary/aromatic N) is 2. The van der Waals surface area contributed by atoms with Gasteiger partial charge in [-0.2, -0.15) is 14.5 Å². The molecule has 0 saturated heterocycles. The molecule has 0 amide bonds. The quantitative estimate of drug-likeness (QED) is 0.481. The number of rotatable bonds is 0. The van der Waals surface area contributed by atoms with Crippen LogP contribution < -0.4 is 4.90 Å². The Morgan fingerprint density at radius 1 is 1.64 bits per heavy atom. The fourth-order valence-corrected chi connectivity index (χ4v) is 1.10. The molecule has 2 heterocycles. The first-order valence-corrected chi connectivity index (χ1v) is 3.18. The smallest absolute Gasteiger partial charge is 0.237 e. The molecule has 2 rings (SSSR count). The van der Waals surface area contributed by atoms with E-state index in [4.69, 9.17) is 0 Å². The van der Waals surface area contributed by atoms with Gasteiger partial charge in [-0.25, -0.2) is 4.90 Å². The molecule has 0 aliphatic carbocycles. The topological polar surface area (TPSA) is 20.0 Å². The number of halogens is 2. The Balaban J connectivity index is 2.34. The summed E-state index contributed by atoms with van der Waals surface area (Å²) in [7, 11) is 0. The summed E-state index contributed by atoms with van der Waals surface area (Å²) in [4.78, 5) is 4.33. The predicted molar refractivity (Wildman–Crippen MR) is 34.5 cm³/mol. The lowest BCUT2D eigenvalue weighted by atomic mass is 10.4. The van der Waals surface area contributed by atoms with Crippen molar-refractivity contribution in [1.82, 2.24) is 5.12 Å². The maximum Gasteiger partial charge on any atom is 0.270 e. The second-order valence-corrected chi connectivity index (χ2v) is 2.35. The van der Waals surface area contributed by atoms with Gasteiger partial charge in [-0.05, 0) is 0 Å². The molecule has 0 aromatic carbocycles. The minimum atomic E-state index is -0.612. The molecule has 0 fully saturated rings. The van der Waals surface area contributed by atoms with Gasteiger partial charge < -0.3 is 0 Å². The molecular formula is C6H6F2N3+. The third-order valence-corrected chi connectivity index (χ3v) is 1.58. The van der Waals surface area contributed by atoms with Crippen molar-refractivity contribution in [3.63, 3.8) is 0 Å². The number of hydrogen-bond donors (Lipinski definition) is 1. The number of fused-ring (bicyclic) bond motifs is 1. The molecule has 0 aromatic rings. The van der Waals surface area contributed by atoms with Gasteiger partial charge in [0.05, 0.1) is 12.4 Å². The van der Waals surface area contributed by atoms with Crippen molar-refractivity contribution < 1.29 is 13.8 Å². The molecule has 0 spiro atoms. The Bertz CT molecular complexity index is 269. The number of nitrogens with one attached hydrogen (secondary N) is 1. The fourth-order valence-electron chi connectivity index (χ4n) is 1.10.